The topological polar surface area (TPSA) is 50.2 Å². The van der Waals surface area contributed by atoms with Crippen LogP contribution in [0.15, 0.2) is 11.0 Å². The summed E-state index contributed by atoms with van der Waals surface area (Å²) < 4.78 is 1.45. The molecule has 2 saturated heterocycles. The zero-order valence-electron chi connectivity index (χ0n) is 12.8. The number of nitrogens with zero attached hydrogens (tertiary/aromatic N) is 3. The zero-order chi connectivity index (χ0) is 15.1. The third kappa shape index (κ3) is 2.36. The molecule has 21 heavy (non-hydrogen) atoms. The predicted octanol–water partition coefficient (Wildman–Crippen LogP) is 1.91. The quantitative estimate of drug-likeness (QED) is 0.926. The highest BCUT2D eigenvalue weighted by atomic mass is 35.5. The minimum atomic E-state index is -0.186. The molecule has 5 nitrogen and oxygen atoms in total. The van der Waals surface area contributed by atoms with E-state index in [2.05, 4.69) is 22.2 Å². The fraction of sp³-hybridized carbons (Fsp3) is 0.733. The first-order valence-electron chi connectivity index (χ1n) is 7.79. The van der Waals surface area contributed by atoms with Gasteiger partial charge in [0.25, 0.3) is 5.56 Å². The molecule has 1 N–H and O–H groups in total. The highest BCUT2D eigenvalue weighted by Gasteiger charge is 2.44. The fourth-order valence-corrected chi connectivity index (χ4v) is 4.07. The molecule has 3 unspecified atom stereocenters. The molecule has 1 aromatic heterocycles. The van der Waals surface area contributed by atoms with Crippen LogP contribution >= 0.6 is 11.6 Å². The number of hydrogen-bond donors (Lipinski definition) is 1. The maximum atomic E-state index is 12.4. The van der Waals surface area contributed by atoms with E-state index >= 15 is 0 Å². The Hall–Kier alpha value is -1.07. The monoisotopic (exact) mass is 310 g/mol. The zero-order valence-corrected chi connectivity index (χ0v) is 13.6. The van der Waals surface area contributed by atoms with Gasteiger partial charge < -0.3 is 10.2 Å². The number of hydrogen-bond acceptors (Lipinski definition) is 4. The minimum Gasteiger partial charge on any atom is -0.365 e. The number of aromatic nitrogens is 2. The Morgan fingerprint density at radius 3 is 2.90 bits per heavy atom. The summed E-state index contributed by atoms with van der Waals surface area (Å²) in [4.78, 5) is 14.7. The van der Waals surface area contributed by atoms with Crippen molar-refractivity contribution in [1.29, 1.82) is 0 Å². The Morgan fingerprint density at radius 2 is 2.24 bits per heavy atom. The van der Waals surface area contributed by atoms with E-state index in [9.17, 15) is 4.79 Å². The average molecular weight is 311 g/mol. The standard InChI is InChI=1S/C15H23ClN4O/c1-4-12-11-6-17-5-10(11)8-19(12)13-7-18-20(9(2)3)15(21)14(13)16/h7,9-12,17H,4-6,8H2,1-3H3. The van der Waals surface area contributed by atoms with Crippen molar-refractivity contribution >= 4 is 17.3 Å². The predicted molar refractivity (Wildman–Crippen MR) is 85.2 cm³/mol. The van der Waals surface area contributed by atoms with E-state index in [1.165, 1.54) is 4.68 Å². The van der Waals surface area contributed by atoms with Crippen LogP contribution in [0.4, 0.5) is 5.69 Å². The van der Waals surface area contributed by atoms with Crippen LogP contribution in [0, 0.1) is 11.8 Å². The molecular formula is C15H23ClN4O. The Bertz CT molecular complexity index is 586. The lowest BCUT2D eigenvalue weighted by Gasteiger charge is -2.29. The molecule has 0 bridgehead atoms. The SMILES string of the molecule is CCC1C2CNCC2CN1c1cnn(C(C)C)c(=O)c1Cl. The second-order valence-corrected chi connectivity index (χ2v) is 6.78. The summed E-state index contributed by atoms with van der Waals surface area (Å²) in [5.74, 6) is 1.30. The lowest BCUT2D eigenvalue weighted by Crippen LogP contribution is -2.37. The molecule has 2 aliphatic rings. The summed E-state index contributed by atoms with van der Waals surface area (Å²) in [6.45, 7) is 9.16. The first-order chi connectivity index (χ1) is 10.0. The number of anilines is 1. The first-order valence-corrected chi connectivity index (χ1v) is 8.17. The van der Waals surface area contributed by atoms with E-state index < -0.39 is 0 Å². The van der Waals surface area contributed by atoms with Gasteiger partial charge in [0.1, 0.15) is 5.02 Å². The van der Waals surface area contributed by atoms with Crippen molar-refractivity contribution in [2.24, 2.45) is 11.8 Å². The number of fused-ring (bicyclic) bond motifs is 1. The fourth-order valence-electron chi connectivity index (χ4n) is 3.83. The molecule has 3 atom stereocenters. The van der Waals surface area contributed by atoms with Gasteiger partial charge in [0.2, 0.25) is 0 Å². The van der Waals surface area contributed by atoms with Crippen LogP contribution in [-0.4, -0.2) is 35.5 Å². The van der Waals surface area contributed by atoms with Gasteiger partial charge >= 0.3 is 0 Å². The Kier molecular flexibility index (Phi) is 3.97. The van der Waals surface area contributed by atoms with E-state index in [0.717, 1.165) is 31.7 Å². The molecule has 0 saturated carbocycles. The summed E-state index contributed by atoms with van der Waals surface area (Å²) in [6, 6.07) is 0.465. The highest BCUT2D eigenvalue weighted by Crippen LogP contribution is 2.38. The maximum Gasteiger partial charge on any atom is 0.287 e. The van der Waals surface area contributed by atoms with Crippen LogP contribution in [0.5, 0.6) is 0 Å². The van der Waals surface area contributed by atoms with Gasteiger partial charge in [-0.3, -0.25) is 4.79 Å². The average Bonchev–Trinajstić information content (AvgIpc) is 3.01. The number of nitrogens with one attached hydrogen (secondary N) is 1. The van der Waals surface area contributed by atoms with Crippen LogP contribution in [0.1, 0.15) is 33.2 Å². The molecule has 3 rings (SSSR count). The molecule has 3 heterocycles. The van der Waals surface area contributed by atoms with Crippen molar-refractivity contribution in [3.8, 4) is 0 Å². The maximum absolute atomic E-state index is 12.4. The molecule has 0 aliphatic carbocycles. The molecule has 0 aromatic carbocycles. The lowest BCUT2D eigenvalue weighted by atomic mass is 9.93. The van der Waals surface area contributed by atoms with Gasteiger partial charge in [0.15, 0.2) is 0 Å². The molecule has 0 amide bonds. The second kappa shape index (κ2) is 5.61. The van der Waals surface area contributed by atoms with E-state index in [1.807, 2.05) is 13.8 Å². The molecule has 0 spiro atoms. The van der Waals surface area contributed by atoms with Crippen LogP contribution in [0.25, 0.3) is 0 Å². The van der Waals surface area contributed by atoms with E-state index in [0.29, 0.717) is 22.9 Å². The Labute approximate surface area is 130 Å². The molecule has 0 radical (unpaired) electrons. The van der Waals surface area contributed by atoms with E-state index in [-0.39, 0.29) is 11.6 Å². The van der Waals surface area contributed by atoms with Crippen molar-refractivity contribution in [3.63, 3.8) is 0 Å². The van der Waals surface area contributed by atoms with Gasteiger partial charge in [-0.25, -0.2) is 4.68 Å². The summed E-state index contributed by atoms with van der Waals surface area (Å²) in [7, 11) is 0. The summed E-state index contributed by atoms with van der Waals surface area (Å²) in [6.07, 6.45) is 2.83. The summed E-state index contributed by atoms with van der Waals surface area (Å²) >= 11 is 6.37. The molecule has 1 aromatic rings. The van der Waals surface area contributed by atoms with Crippen LogP contribution in [0.3, 0.4) is 0 Å². The van der Waals surface area contributed by atoms with Gasteiger partial charge in [-0.05, 0) is 32.1 Å². The third-order valence-electron chi connectivity index (χ3n) is 4.86. The minimum absolute atomic E-state index is 0.0215. The van der Waals surface area contributed by atoms with Gasteiger partial charge in [-0.1, -0.05) is 18.5 Å². The highest BCUT2D eigenvalue weighted by molar-refractivity contribution is 6.33. The second-order valence-electron chi connectivity index (χ2n) is 6.40. The van der Waals surface area contributed by atoms with Gasteiger partial charge in [0, 0.05) is 25.7 Å². The van der Waals surface area contributed by atoms with Crippen LogP contribution in [0.2, 0.25) is 5.02 Å². The van der Waals surface area contributed by atoms with E-state index in [4.69, 9.17) is 11.6 Å². The van der Waals surface area contributed by atoms with Crippen molar-refractivity contribution in [3.05, 3.63) is 21.6 Å². The van der Waals surface area contributed by atoms with Crippen LogP contribution in [-0.2, 0) is 0 Å². The Balaban J connectivity index is 1.97. The van der Waals surface area contributed by atoms with Crippen molar-refractivity contribution in [2.75, 3.05) is 24.5 Å². The van der Waals surface area contributed by atoms with Crippen molar-refractivity contribution in [2.45, 2.75) is 39.3 Å². The lowest BCUT2D eigenvalue weighted by molar-refractivity contribution is 0.441. The largest absolute Gasteiger partial charge is 0.365 e. The first kappa shape index (κ1) is 14.9. The molecule has 116 valence electrons. The summed E-state index contributed by atoms with van der Waals surface area (Å²) in [5, 5.41) is 8.09. The number of halogens is 1. The molecule has 2 fully saturated rings. The van der Waals surface area contributed by atoms with Crippen molar-refractivity contribution < 1.29 is 0 Å². The third-order valence-corrected chi connectivity index (χ3v) is 5.22. The van der Waals surface area contributed by atoms with Gasteiger partial charge in [-0.15, -0.1) is 0 Å². The van der Waals surface area contributed by atoms with E-state index in [1.54, 1.807) is 6.20 Å². The van der Waals surface area contributed by atoms with Crippen molar-refractivity contribution in [1.82, 2.24) is 15.1 Å². The molecular weight excluding hydrogens is 288 g/mol. The smallest absolute Gasteiger partial charge is 0.287 e. The van der Waals surface area contributed by atoms with Gasteiger partial charge in [-0.2, -0.15) is 5.10 Å². The Morgan fingerprint density at radius 1 is 1.48 bits per heavy atom. The summed E-state index contributed by atoms with van der Waals surface area (Å²) in [5.41, 5.74) is 0.619. The molecule has 2 aliphatic heterocycles. The van der Waals surface area contributed by atoms with Gasteiger partial charge in [0.05, 0.1) is 17.9 Å². The normalized spacial score (nSPS) is 28.4. The molecule has 6 heteroatoms. The number of rotatable bonds is 3. The van der Waals surface area contributed by atoms with Crippen LogP contribution < -0.4 is 15.8 Å².